The van der Waals surface area contributed by atoms with Crippen LogP contribution in [0.1, 0.15) is 29.8 Å². The molecule has 1 unspecified atom stereocenters. The molecule has 0 bridgehead atoms. The smallest absolute Gasteiger partial charge is 0.305 e. The van der Waals surface area contributed by atoms with E-state index in [1.807, 2.05) is 11.4 Å². The fourth-order valence-corrected chi connectivity index (χ4v) is 3.06. The van der Waals surface area contributed by atoms with Crippen molar-refractivity contribution >= 4 is 11.3 Å². The molecule has 5 nitrogen and oxygen atoms in total. The lowest BCUT2D eigenvalue weighted by molar-refractivity contribution is 0.517. The van der Waals surface area contributed by atoms with Gasteiger partial charge in [-0.25, -0.2) is 4.79 Å². The number of rotatable bonds is 5. The van der Waals surface area contributed by atoms with Crippen LogP contribution in [0.25, 0.3) is 0 Å². The zero-order valence-corrected chi connectivity index (χ0v) is 12.7. The van der Waals surface area contributed by atoms with Gasteiger partial charge in [-0.15, -0.1) is 11.3 Å². The molecule has 1 N–H and O–H groups in total. The van der Waals surface area contributed by atoms with Gasteiger partial charge in [0.15, 0.2) is 0 Å². The molecule has 0 radical (unpaired) electrons. The molecule has 0 fully saturated rings. The van der Waals surface area contributed by atoms with E-state index in [-0.39, 0.29) is 17.3 Å². The van der Waals surface area contributed by atoms with Gasteiger partial charge in [-0.1, -0.05) is 13.0 Å². The highest BCUT2D eigenvalue weighted by molar-refractivity contribution is 7.10. The van der Waals surface area contributed by atoms with Gasteiger partial charge in [-0.05, 0) is 17.9 Å². The van der Waals surface area contributed by atoms with Crippen molar-refractivity contribution in [2.24, 2.45) is 14.1 Å². The molecule has 1 atom stereocenters. The van der Waals surface area contributed by atoms with E-state index in [0.717, 1.165) is 11.0 Å². The van der Waals surface area contributed by atoms with Gasteiger partial charge in [0.2, 0.25) is 0 Å². The molecule has 0 aliphatic rings. The predicted octanol–water partition coefficient (Wildman–Crippen LogP) is 1.39. The highest BCUT2D eigenvalue weighted by Crippen LogP contribution is 2.21. The van der Waals surface area contributed by atoms with Crippen LogP contribution in [-0.2, 0) is 20.6 Å². The molecule has 0 aromatic carbocycles. The summed E-state index contributed by atoms with van der Waals surface area (Å²) in [6, 6.07) is 4.34. The number of aromatic nitrogens is 2. The summed E-state index contributed by atoms with van der Waals surface area (Å²) >= 11 is 1.70. The minimum Gasteiger partial charge on any atom is -0.305 e. The van der Waals surface area contributed by atoms with Crippen LogP contribution in [0.2, 0.25) is 0 Å². The molecular weight excluding hydrogens is 274 g/mol. The third-order valence-corrected chi connectivity index (χ3v) is 4.34. The third-order valence-electron chi connectivity index (χ3n) is 3.35. The largest absolute Gasteiger partial charge is 0.330 e. The SMILES string of the molecule is CCC(NCc1cn(C)c(=O)n(C)c1=O)c1cccs1. The van der Waals surface area contributed by atoms with Gasteiger partial charge in [0, 0.05) is 43.3 Å². The van der Waals surface area contributed by atoms with Crippen LogP contribution in [0.5, 0.6) is 0 Å². The number of aryl methyl sites for hydroxylation is 1. The number of nitrogens with one attached hydrogen (secondary N) is 1. The van der Waals surface area contributed by atoms with Crippen LogP contribution in [0, 0.1) is 0 Å². The first-order valence-electron chi connectivity index (χ1n) is 6.57. The molecule has 2 heterocycles. The van der Waals surface area contributed by atoms with Crippen molar-refractivity contribution < 1.29 is 0 Å². The monoisotopic (exact) mass is 293 g/mol. The van der Waals surface area contributed by atoms with Gasteiger partial charge in [0.25, 0.3) is 5.56 Å². The van der Waals surface area contributed by atoms with E-state index in [9.17, 15) is 9.59 Å². The first-order valence-corrected chi connectivity index (χ1v) is 7.45. The van der Waals surface area contributed by atoms with Gasteiger partial charge in [0.1, 0.15) is 0 Å². The lowest BCUT2D eigenvalue weighted by Crippen LogP contribution is -2.39. The van der Waals surface area contributed by atoms with Crippen LogP contribution in [-0.4, -0.2) is 9.13 Å². The maximum Gasteiger partial charge on any atom is 0.330 e. The number of hydrogen-bond acceptors (Lipinski definition) is 4. The molecule has 2 rings (SSSR count). The van der Waals surface area contributed by atoms with E-state index in [0.29, 0.717) is 12.1 Å². The summed E-state index contributed by atoms with van der Waals surface area (Å²) in [5, 5.41) is 5.43. The van der Waals surface area contributed by atoms with Crippen molar-refractivity contribution in [2.45, 2.75) is 25.9 Å². The molecule has 2 aromatic rings. The van der Waals surface area contributed by atoms with Crippen LogP contribution < -0.4 is 16.6 Å². The highest BCUT2D eigenvalue weighted by Gasteiger charge is 2.12. The zero-order valence-electron chi connectivity index (χ0n) is 11.9. The number of thiophene rings is 1. The Labute approximate surface area is 121 Å². The van der Waals surface area contributed by atoms with Crippen LogP contribution in [0.4, 0.5) is 0 Å². The molecule has 0 saturated carbocycles. The Morgan fingerprint density at radius 1 is 1.35 bits per heavy atom. The minimum atomic E-state index is -0.302. The molecule has 0 aliphatic carbocycles. The molecule has 0 amide bonds. The van der Waals surface area contributed by atoms with Gasteiger partial charge >= 0.3 is 5.69 Å². The van der Waals surface area contributed by atoms with Gasteiger partial charge in [-0.3, -0.25) is 9.36 Å². The summed E-state index contributed by atoms with van der Waals surface area (Å²) in [6.07, 6.45) is 2.56. The normalized spacial score (nSPS) is 12.6. The Balaban J connectivity index is 2.19. The standard InChI is InChI=1S/C14H19N3O2S/c1-4-11(12-6-5-7-20-12)15-8-10-9-16(2)14(19)17(3)13(10)18/h5-7,9,11,15H,4,8H2,1-3H3. The van der Waals surface area contributed by atoms with Crippen LogP contribution in [0.3, 0.4) is 0 Å². The maximum absolute atomic E-state index is 12.0. The van der Waals surface area contributed by atoms with Gasteiger partial charge in [0.05, 0.1) is 0 Å². The van der Waals surface area contributed by atoms with Crippen molar-refractivity contribution in [3.63, 3.8) is 0 Å². The van der Waals surface area contributed by atoms with E-state index < -0.39 is 0 Å². The molecule has 0 aliphatic heterocycles. The predicted molar refractivity (Wildman–Crippen MR) is 81.1 cm³/mol. The fraction of sp³-hybridized carbons (Fsp3) is 0.429. The van der Waals surface area contributed by atoms with Crippen molar-refractivity contribution in [1.29, 1.82) is 0 Å². The van der Waals surface area contributed by atoms with E-state index in [4.69, 9.17) is 0 Å². The fourth-order valence-electron chi connectivity index (χ4n) is 2.17. The lowest BCUT2D eigenvalue weighted by atomic mass is 10.2. The topological polar surface area (TPSA) is 56.0 Å². The Morgan fingerprint density at radius 2 is 2.10 bits per heavy atom. The van der Waals surface area contributed by atoms with Crippen LogP contribution in [0.15, 0.2) is 33.3 Å². The average Bonchev–Trinajstić information content (AvgIpc) is 2.96. The second kappa shape index (κ2) is 6.19. The summed E-state index contributed by atoms with van der Waals surface area (Å²) in [5.41, 5.74) is 0.0651. The second-order valence-corrected chi connectivity index (χ2v) is 5.75. The first kappa shape index (κ1) is 14.7. The average molecular weight is 293 g/mol. The molecule has 0 saturated heterocycles. The quantitative estimate of drug-likeness (QED) is 0.906. The molecule has 6 heteroatoms. The van der Waals surface area contributed by atoms with Crippen molar-refractivity contribution in [1.82, 2.24) is 14.5 Å². The van der Waals surface area contributed by atoms with E-state index in [1.54, 1.807) is 24.6 Å². The van der Waals surface area contributed by atoms with Crippen molar-refractivity contribution in [3.05, 3.63) is 55.0 Å². The molecule has 0 spiro atoms. The third kappa shape index (κ3) is 2.91. The van der Waals surface area contributed by atoms with E-state index in [2.05, 4.69) is 18.3 Å². The molecule has 2 aromatic heterocycles. The van der Waals surface area contributed by atoms with Crippen molar-refractivity contribution in [3.8, 4) is 0 Å². The Bertz CT molecular complexity index is 685. The second-order valence-electron chi connectivity index (χ2n) is 4.77. The first-order chi connectivity index (χ1) is 9.54. The zero-order chi connectivity index (χ0) is 14.7. The summed E-state index contributed by atoms with van der Waals surface area (Å²) in [7, 11) is 3.16. The van der Waals surface area contributed by atoms with Crippen molar-refractivity contribution in [2.75, 3.05) is 0 Å². The summed E-state index contributed by atoms with van der Waals surface area (Å²) in [4.78, 5) is 24.9. The van der Waals surface area contributed by atoms with Crippen LogP contribution >= 0.6 is 11.3 Å². The van der Waals surface area contributed by atoms with E-state index in [1.165, 1.54) is 16.5 Å². The molecular formula is C14H19N3O2S. The number of nitrogens with zero attached hydrogens (tertiary/aromatic N) is 2. The summed E-state index contributed by atoms with van der Waals surface area (Å²) in [6.45, 7) is 2.56. The Hall–Kier alpha value is -1.66. The highest BCUT2D eigenvalue weighted by atomic mass is 32.1. The molecule has 108 valence electrons. The summed E-state index contributed by atoms with van der Waals surface area (Å²) in [5.74, 6) is 0. The Kier molecular flexibility index (Phi) is 4.57. The Morgan fingerprint density at radius 3 is 2.70 bits per heavy atom. The van der Waals surface area contributed by atoms with Gasteiger partial charge in [-0.2, -0.15) is 0 Å². The molecule has 20 heavy (non-hydrogen) atoms. The van der Waals surface area contributed by atoms with E-state index >= 15 is 0 Å². The lowest BCUT2D eigenvalue weighted by Gasteiger charge is -2.15. The summed E-state index contributed by atoms with van der Waals surface area (Å²) < 4.78 is 2.58. The minimum absolute atomic E-state index is 0.233. The number of hydrogen-bond donors (Lipinski definition) is 1. The maximum atomic E-state index is 12.0. The van der Waals surface area contributed by atoms with Gasteiger partial charge < -0.3 is 9.88 Å².